The van der Waals surface area contributed by atoms with E-state index in [2.05, 4.69) is 15.0 Å². The summed E-state index contributed by atoms with van der Waals surface area (Å²) in [5, 5.41) is 2.57. The third-order valence-corrected chi connectivity index (χ3v) is 4.60. The van der Waals surface area contributed by atoms with Gasteiger partial charge in [0.15, 0.2) is 0 Å². The van der Waals surface area contributed by atoms with E-state index in [1.54, 1.807) is 24.4 Å². The zero-order valence-corrected chi connectivity index (χ0v) is 13.2. The maximum Gasteiger partial charge on any atom is 0.244 e. The first-order valence-electron chi connectivity index (χ1n) is 6.84. The zero-order chi connectivity index (χ0) is 16.9. The van der Waals surface area contributed by atoms with E-state index in [1.165, 1.54) is 19.1 Å². The van der Waals surface area contributed by atoms with Gasteiger partial charge in [0.05, 0.1) is 18.3 Å². The number of nitrogens with zero attached hydrogens (tertiary/aromatic N) is 1. The first-order chi connectivity index (χ1) is 10.9. The Kier molecular flexibility index (Phi) is 5.41. The molecule has 2 aromatic rings. The normalized spacial score (nSPS) is 12.6. The average Bonchev–Trinajstić information content (AvgIpc) is 2.53. The predicted octanol–water partition coefficient (Wildman–Crippen LogP) is 1.20. The Labute approximate surface area is 133 Å². The second-order valence-electron chi connectivity index (χ2n) is 4.81. The van der Waals surface area contributed by atoms with Gasteiger partial charge in [-0.2, -0.15) is 4.72 Å². The van der Waals surface area contributed by atoms with E-state index in [0.717, 1.165) is 12.1 Å². The number of carbonyl (C=O) groups is 1. The van der Waals surface area contributed by atoms with Crippen LogP contribution in [0.15, 0.2) is 53.6 Å². The van der Waals surface area contributed by atoms with Crippen LogP contribution in [-0.4, -0.2) is 25.4 Å². The molecule has 0 aliphatic heterocycles. The summed E-state index contributed by atoms with van der Waals surface area (Å²) in [7, 11) is -4.12. The van der Waals surface area contributed by atoms with Crippen LogP contribution in [0.25, 0.3) is 0 Å². The molecule has 1 atom stereocenters. The summed E-state index contributed by atoms with van der Waals surface area (Å²) in [6.45, 7) is 1.55. The highest BCUT2D eigenvalue weighted by atomic mass is 32.2. The van der Waals surface area contributed by atoms with Crippen molar-refractivity contribution in [1.82, 2.24) is 15.0 Å². The molecule has 0 spiro atoms. The van der Waals surface area contributed by atoms with Crippen LogP contribution >= 0.6 is 0 Å². The minimum atomic E-state index is -4.12. The summed E-state index contributed by atoms with van der Waals surface area (Å²) in [6, 6.07) is 9.17. The molecule has 1 aromatic carbocycles. The van der Waals surface area contributed by atoms with Gasteiger partial charge in [-0.15, -0.1) is 0 Å². The summed E-state index contributed by atoms with van der Waals surface area (Å²) in [6.07, 6.45) is 1.59. The highest BCUT2D eigenvalue weighted by Crippen LogP contribution is 2.13. The molecule has 122 valence electrons. The Morgan fingerprint density at radius 2 is 1.91 bits per heavy atom. The number of halogens is 1. The van der Waals surface area contributed by atoms with Gasteiger partial charge in [0.1, 0.15) is 10.7 Å². The number of rotatable bonds is 6. The first kappa shape index (κ1) is 17.0. The van der Waals surface area contributed by atoms with E-state index in [1.807, 2.05) is 0 Å². The van der Waals surface area contributed by atoms with Crippen LogP contribution in [0.2, 0.25) is 0 Å². The van der Waals surface area contributed by atoms with Crippen molar-refractivity contribution >= 4 is 15.9 Å². The van der Waals surface area contributed by atoms with E-state index in [0.29, 0.717) is 5.69 Å². The molecule has 0 bridgehead atoms. The molecule has 1 amide bonds. The lowest BCUT2D eigenvalue weighted by atomic mass is 10.3. The average molecular weight is 337 g/mol. The largest absolute Gasteiger partial charge is 0.349 e. The number of amides is 1. The van der Waals surface area contributed by atoms with Gasteiger partial charge in [0.2, 0.25) is 15.9 Å². The Hall–Kier alpha value is -2.32. The van der Waals surface area contributed by atoms with Crippen molar-refractivity contribution in [1.29, 1.82) is 0 Å². The third kappa shape index (κ3) is 4.57. The van der Waals surface area contributed by atoms with Gasteiger partial charge < -0.3 is 5.32 Å². The molecule has 0 radical (unpaired) electrons. The van der Waals surface area contributed by atoms with Crippen molar-refractivity contribution in [2.24, 2.45) is 0 Å². The van der Waals surface area contributed by atoms with Gasteiger partial charge in [-0.1, -0.05) is 18.2 Å². The van der Waals surface area contributed by atoms with Crippen LogP contribution in [-0.2, 0) is 21.4 Å². The smallest absolute Gasteiger partial charge is 0.244 e. The van der Waals surface area contributed by atoms with Crippen molar-refractivity contribution in [3.05, 3.63) is 60.2 Å². The lowest BCUT2D eigenvalue weighted by Crippen LogP contribution is -2.44. The highest BCUT2D eigenvalue weighted by molar-refractivity contribution is 7.89. The second-order valence-corrected chi connectivity index (χ2v) is 6.49. The highest BCUT2D eigenvalue weighted by Gasteiger charge is 2.24. The molecule has 0 fully saturated rings. The molecule has 0 saturated carbocycles. The lowest BCUT2D eigenvalue weighted by Gasteiger charge is -2.14. The van der Waals surface area contributed by atoms with Crippen LogP contribution in [0.5, 0.6) is 0 Å². The Balaban J connectivity index is 1.99. The fraction of sp³-hybridized carbons (Fsp3) is 0.200. The molecule has 0 aliphatic carbocycles. The van der Waals surface area contributed by atoms with Gasteiger partial charge >= 0.3 is 0 Å². The van der Waals surface area contributed by atoms with Crippen molar-refractivity contribution in [2.45, 2.75) is 24.4 Å². The Morgan fingerprint density at radius 1 is 1.22 bits per heavy atom. The molecular weight excluding hydrogens is 321 g/mol. The number of pyridine rings is 1. The number of benzene rings is 1. The van der Waals surface area contributed by atoms with Crippen molar-refractivity contribution in [3.63, 3.8) is 0 Å². The second kappa shape index (κ2) is 7.30. The zero-order valence-electron chi connectivity index (χ0n) is 12.4. The standard InChI is InChI=1S/C15H16FN3O3S/c1-11(15(20)18-10-12-6-4-5-9-17-12)19-23(21,22)14-8-3-2-7-13(14)16/h2-9,11,19H,10H2,1H3,(H,18,20)/t11-/m0/s1. The maximum absolute atomic E-state index is 13.6. The minimum absolute atomic E-state index is 0.172. The summed E-state index contributed by atoms with van der Waals surface area (Å²) in [5.74, 6) is -1.41. The van der Waals surface area contributed by atoms with E-state index >= 15 is 0 Å². The van der Waals surface area contributed by atoms with Crippen molar-refractivity contribution < 1.29 is 17.6 Å². The summed E-state index contributed by atoms with van der Waals surface area (Å²) in [5.41, 5.74) is 0.644. The van der Waals surface area contributed by atoms with E-state index in [-0.39, 0.29) is 6.54 Å². The number of aromatic nitrogens is 1. The molecule has 0 unspecified atom stereocenters. The SMILES string of the molecule is C[C@H](NS(=O)(=O)c1ccccc1F)C(=O)NCc1ccccn1. The molecular formula is C15H16FN3O3S. The van der Waals surface area contributed by atoms with Crippen LogP contribution < -0.4 is 10.0 Å². The van der Waals surface area contributed by atoms with Gasteiger partial charge in [0.25, 0.3) is 0 Å². The number of hydrogen-bond acceptors (Lipinski definition) is 4. The van der Waals surface area contributed by atoms with Gasteiger partial charge in [-0.25, -0.2) is 12.8 Å². The Bertz CT molecular complexity index is 782. The molecule has 1 heterocycles. The third-order valence-electron chi connectivity index (χ3n) is 3.02. The molecule has 8 heteroatoms. The monoisotopic (exact) mass is 337 g/mol. The number of nitrogens with one attached hydrogen (secondary N) is 2. The minimum Gasteiger partial charge on any atom is -0.349 e. The number of hydrogen-bond donors (Lipinski definition) is 2. The Morgan fingerprint density at radius 3 is 2.57 bits per heavy atom. The van der Waals surface area contributed by atoms with Crippen molar-refractivity contribution in [3.8, 4) is 0 Å². The quantitative estimate of drug-likeness (QED) is 0.829. The molecule has 0 aliphatic rings. The topological polar surface area (TPSA) is 88.2 Å². The molecule has 1 aromatic heterocycles. The molecule has 2 rings (SSSR count). The fourth-order valence-corrected chi connectivity index (χ4v) is 3.13. The molecule has 2 N–H and O–H groups in total. The maximum atomic E-state index is 13.6. The fourth-order valence-electron chi connectivity index (χ4n) is 1.85. The van der Waals surface area contributed by atoms with Gasteiger partial charge in [0, 0.05) is 6.20 Å². The van der Waals surface area contributed by atoms with Gasteiger partial charge in [-0.05, 0) is 31.2 Å². The van der Waals surface area contributed by atoms with Crippen LogP contribution in [0.3, 0.4) is 0 Å². The lowest BCUT2D eigenvalue weighted by molar-refractivity contribution is -0.122. The van der Waals surface area contributed by atoms with Crippen LogP contribution in [0.1, 0.15) is 12.6 Å². The molecule has 0 saturated heterocycles. The van der Waals surface area contributed by atoms with E-state index in [4.69, 9.17) is 0 Å². The van der Waals surface area contributed by atoms with E-state index < -0.39 is 32.7 Å². The van der Waals surface area contributed by atoms with Crippen LogP contribution in [0, 0.1) is 5.82 Å². The summed E-state index contributed by atoms with van der Waals surface area (Å²) < 4.78 is 39.9. The number of carbonyl (C=O) groups excluding carboxylic acids is 1. The molecule has 6 nitrogen and oxygen atoms in total. The molecule has 23 heavy (non-hydrogen) atoms. The van der Waals surface area contributed by atoms with Crippen molar-refractivity contribution in [2.75, 3.05) is 0 Å². The van der Waals surface area contributed by atoms with E-state index in [9.17, 15) is 17.6 Å². The first-order valence-corrected chi connectivity index (χ1v) is 8.33. The van der Waals surface area contributed by atoms with Crippen LogP contribution in [0.4, 0.5) is 4.39 Å². The summed E-state index contributed by atoms with van der Waals surface area (Å²) >= 11 is 0. The van der Waals surface area contributed by atoms with Gasteiger partial charge in [-0.3, -0.25) is 9.78 Å². The number of sulfonamides is 1. The predicted molar refractivity (Wildman–Crippen MR) is 82.3 cm³/mol. The summed E-state index contributed by atoms with van der Waals surface area (Å²) in [4.78, 5) is 15.5.